The van der Waals surface area contributed by atoms with E-state index in [4.69, 9.17) is 0 Å². The summed E-state index contributed by atoms with van der Waals surface area (Å²) in [6.07, 6.45) is 6.57. The molecule has 0 unspecified atom stereocenters. The number of aliphatic hydroxyl groups is 1. The first-order valence-electron chi connectivity index (χ1n) is 17.5. The number of rotatable bonds is 9. The summed E-state index contributed by atoms with van der Waals surface area (Å²) in [5.41, 5.74) is 3.87. The molecular weight excluding hydrogens is 793 g/mol. The zero-order chi connectivity index (χ0) is 34.3. The summed E-state index contributed by atoms with van der Waals surface area (Å²) in [5.74, 6) is 0.547. The van der Waals surface area contributed by atoms with Crippen LogP contribution in [0.2, 0.25) is 0 Å². The van der Waals surface area contributed by atoms with Crippen LogP contribution in [0.3, 0.4) is 0 Å². The third kappa shape index (κ3) is 7.70. The average molecular weight is 836 g/mol. The SMILES string of the molecule is CCC(CC)C(=O)/C=C(\O)C(CC)CC.[Ir].[c-]1c(-c2cc(-c3ccc4c(ccc5ccccc54)c3)ncn2)c2ccccc2c2ccccc12. The second-order valence-corrected chi connectivity index (χ2v) is 12.6. The van der Waals surface area contributed by atoms with Gasteiger partial charge in [0.1, 0.15) is 6.33 Å². The molecule has 255 valence electrons. The van der Waals surface area contributed by atoms with E-state index in [1.54, 1.807) is 6.33 Å². The summed E-state index contributed by atoms with van der Waals surface area (Å²) in [4.78, 5) is 21.0. The van der Waals surface area contributed by atoms with Gasteiger partial charge in [-0.3, -0.25) is 9.78 Å². The van der Waals surface area contributed by atoms with E-state index in [0.717, 1.165) is 59.0 Å². The van der Waals surface area contributed by atoms with Gasteiger partial charge in [0, 0.05) is 49.3 Å². The largest absolute Gasteiger partial charge is 0.512 e. The van der Waals surface area contributed by atoms with Crippen molar-refractivity contribution in [2.45, 2.75) is 53.4 Å². The minimum atomic E-state index is 0. The number of aliphatic hydroxyl groups excluding tert-OH is 1. The van der Waals surface area contributed by atoms with Crippen molar-refractivity contribution in [2.75, 3.05) is 0 Å². The molecule has 1 aromatic heterocycles. The molecule has 5 heteroatoms. The predicted molar refractivity (Wildman–Crippen MR) is 206 cm³/mol. The topological polar surface area (TPSA) is 63.1 Å². The van der Waals surface area contributed by atoms with Crippen molar-refractivity contribution in [1.29, 1.82) is 0 Å². The zero-order valence-corrected chi connectivity index (χ0v) is 31.5. The zero-order valence-electron chi connectivity index (χ0n) is 29.1. The molecule has 0 atom stereocenters. The Morgan fingerprint density at radius 3 is 1.94 bits per heavy atom. The molecule has 0 amide bonds. The number of carbonyl (C=O) groups is 1. The van der Waals surface area contributed by atoms with E-state index in [0.29, 0.717) is 0 Å². The van der Waals surface area contributed by atoms with Gasteiger partial charge in [-0.05, 0) is 59.4 Å². The number of carbonyl (C=O) groups excluding carboxylic acids is 1. The maximum atomic E-state index is 11.7. The number of fused-ring (bicyclic) bond motifs is 6. The smallest absolute Gasteiger partial charge is 0.162 e. The van der Waals surface area contributed by atoms with Gasteiger partial charge in [-0.15, -0.1) is 17.5 Å². The summed E-state index contributed by atoms with van der Waals surface area (Å²) in [6.45, 7) is 8.07. The summed E-state index contributed by atoms with van der Waals surface area (Å²) >= 11 is 0. The average Bonchev–Trinajstić information content (AvgIpc) is 3.15. The fraction of sp³-hybridized carbons (Fsp3) is 0.222. The summed E-state index contributed by atoms with van der Waals surface area (Å²) in [5, 5.41) is 19.4. The Balaban J connectivity index is 0.000000261. The molecule has 0 bridgehead atoms. The number of aromatic nitrogens is 2. The third-order valence-corrected chi connectivity index (χ3v) is 9.72. The van der Waals surface area contributed by atoms with Gasteiger partial charge in [-0.1, -0.05) is 140 Å². The molecule has 1 radical (unpaired) electrons. The molecule has 7 rings (SSSR count). The molecule has 0 aliphatic rings. The number of benzene rings is 6. The first kappa shape index (κ1) is 36.6. The van der Waals surface area contributed by atoms with Crippen molar-refractivity contribution >= 4 is 48.9 Å². The summed E-state index contributed by atoms with van der Waals surface area (Å²) < 4.78 is 0. The Morgan fingerprint density at radius 2 is 1.22 bits per heavy atom. The molecule has 7 aromatic rings. The van der Waals surface area contributed by atoms with Crippen molar-refractivity contribution in [3.8, 4) is 22.5 Å². The van der Waals surface area contributed by atoms with Crippen molar-refractivity contribution in [1.82, 2.24) is 9.97 Å². The maximum Gasteiger partial charge on any atom is 0.162 e. The van der Waals surface area contributed by atoms with Gasteiger partial charge in [-0.2, -0.15) is 0 Å². The van der Waals surface area contributed by atoms with E-state index in [-0.39, 0.29) is 43.5 Å². The van der Waals surface area contributed by atoms with Crippen molar-refractivity contribution in [3.05, 3.63) is 133 Å². The van der Waals surface area contributed by atoms with Crippen molar-refractivity contribution in [3.63, 3.8) is 0 Å². The van der Waals surface area contributed by atoms with Crippen molar-refractivity contribution in [2.24, 2.45) is 11.8 Å². The van der Waals surface area contributed by atoms with E-state index in [1.807, 2.05) is 27.7 Å². The monoisotopic (exact) mass is 836 g/mol. The van der Waals surface area contributed by atoms with Crippen LogP contribution in [0.4, 0.5) is 0 Å². The van der Waals surface area contributed by atoms with Gasteiger partial charge in [0.2, 0.25) is 0 Å². The van der Waals surface area contributed by atoms with Crippen LogP contribution in [-0.2, 0) is 24.9 Å². The number of ketones is 1. The summed E-state index contributed by atoms with van der Waals surface area (Å²) in [6, 6.07) is 42.0. The number of allylic oxidation sites excluding steroid dienone is 2. The van der Waals surface area contributed by atoms with Gasteiger partial charge in [0.05, 0.1) is 11.5 Å². The van der Waals surface area contributed by atoms with Gasteiger partial charge < -0.3 is 5.11 Å². The number of nitrogens with zero attached hydrogens (tertiary/aromatic N) is 2. The van der Waals surface area contributed by atoms with E-state index < -0.39 is 0 Å². The number of hydrogen-bond acceptors (Lipinski definition) is 4. The Labute approximate surface area is 308 Å². The van der Waals surface area contributed by atoms with Crippen LogP contribution >= 0.6 is 0 Å². The maximum absolute atomic E-state index is 11.7. The first-order valence-corrected chi connectivity index (χ1v) is 17.5. The molecule has 1 heterocycles. The molecular formula is C45H43IrN2O2-. The molecule has 4 nitrogen and oxygen atoms in total. The second kappa shape index (κ2) is 16.8. The van der Waals surface area contributed by atoms with Crippen LogP contribution in [0.25, 0.3) is 65.6 Å². The predicted octanol–water partition coefficient (Wildman–Crippen LogP) is 12.1. The van der Waals surface area contributed by atoms with Gasteiger partial charge in [0.25, 0.3) is 0 Å². The van der Waals surface area contributed by atoms with Crippen LogP contribution in [0.15, 0.2) is 127 Å². The normalized spacial score (nSPS) is 11.6. The van der Waals surface area contributed by atoms with Crippen LogP contribution in [0.5, 0.6) is 0 Å². The minimum Gasteiger partial charge on any atom is -0.512 e. The van der Waals surface area contributed by atoms with Crippen LogP contribution in [0.1, 0.15) is 53.4 Å². The fourth-order valence-electron chi connectivity index (χ4n) is 6.77. The van der Waals surface area contributed by atoms with E-state index in [2.05, 4.69) is 125 Å². The van der Waals surface area contributed by atoms with Gasteiger partial charge in [0.15, 0.2) is 5.78 Å². The molecule has 0 spiro atoms. The molecule has 1 N–H and O–H groups in total. The van der Waals surface area contributed by atoms with Crippen LogP contribution < -0.4 is 0 Å². The van der Waals surface area contributed by atoms with Crippen LogP contribution in [-0.4, -0.2) is 20.9 Å². The Hall–Kier alpha value is -4.70. The van der Waals surface area contributed by atoms with Gasteiger partial charge in [-0.25, -0.2) is 4.98 Å². The molecule has 50 heavy (non-hydrogen) atoms. The number of hydrogen-bond donors (Lipinski definition) is 1. The molecule has 6 aromatic carbocycles. The fourth-order valence-corrected chi connectivity index (χ4v) is 6.77. The van der Waals surface area contributed by atoms with E-state index in [9.17, 15) is 9.90 Å². The van der Waals surface area contributed by atoms with Crippen molar-refractivity contribution < 1.29 is 30.0 Å². The Bertz CT molecular complexity index is 2290. The third-order valence-electron chi connectivity index (χ3n) is 9.72. The first-order chi connectivity index (χ1) is 23.9. The Kier molecular flexibility index (Phi) is 12.3. The Morgan fingerprint density at radius 1 is 0.640 bits per heavy atom. The summed E-state index contributed by atoms with van der Waals surface area (Å²) in [7, 11) is 0. The van der Waals surface area contributed by atoms with Gasteiger partial charge >= 0.3 is 0 Å². The quantitative estimate of drug-likeness (QED) is 0.0681. The molecule has 0 saturated carbocycles. The second-order valence-electron chi connectivity index (χ2n) is 12.6. The van der Waals surface area contributed by atoms with E-state index >= 15 is 0 Å². The van der Waals surface area contributed by atoms with E-state index in [1.165, 1.54) is 38.4 Å². The standard InChI is InChI=1S/C32H19N2.C13H24O2.Ir/c1-3-9-25-21(7-1)13-14-23-17-24(15-16-27(23)25)31-19-32(34-20-33-31)30-18-22-8-2-4-10-26(22)28-11-5-6-12-29(28)30;1-5-10(6-2)12(14)9-13(15)11(7-3)8-4;/h1-17,19-20H;9-11,14H,5-8H2,1-4H3;/q-1;;/b;12-9-;. The minimum absolute atomic E-state index is 0. The molecule has 0 saturated heterocycles. The molecule has 0 aliphatic carbocycles. The molecule has 0 fully saturated rings. The molecule has 0 aliphatic heterocycles. The van der Waals surface area contributed by atoms with Crippen LogP contribution in [0, 0.1) is 17.9 Å².